The van der Waals surface area contributed by atoms with Crippen molar-refractivity contribution in [3.05, 3.63) is 95.6 Å². The highest BCUT2D eigenvalue weighted by molar-refractivity contribution is 6.23. The summed E-state index contributed by atoms with van der Waals surface area (Å²) in [5.41, 5.74) is 3.30. The quantitative estimate of drug-likeness (QED) is 0.571. The summed E-state index contributed by atoms with van der Waals surface area (Å²) in [5.74, 6) is -1.35. The molecule has 172 valence electrons. The lowest BCUT2D eigenvalue weighted by Crippen LogP contribution is -2.45. The summed E-state index contributed by atoms with van der Waals surface area (Å²) in [6.45, 7) is 3.54. The number of nitrogens with one attached hydrogen (secondary N) is 1. The highest BCUT2D eigenvalue weighted by Crippen LogP contribution is 2.29. The monoisotopic (exact) mass is 455 g/mol. The zero-order chi connectivity index (χ0) is 24.2. The number of carbonyl (C=O) groups excluding carboxylic acids is 4. The first-order valence-electron chi connectivity index (χ1n) is 11.0. The maximum Gasteiger partial charge on any atom is 0.257 e. The molecule has 1 aliphatic heterocycles. The van der Waals surface area contributed by atoms with E-state index < -0.39 is 11.9 Å². The molecule has 3 aromatic carbocycles. The van der Waals surface area contributed by atoms with Gasteiger partial charge in [-0.1, -0.05) is 48.0 Å². The number of hydrogen-bond donors (Lipinski definition) is 1. The molecule has 1 fully saturated rings. The molecule has 0 spiro atoms. The normalized spacial score (nSPS) is 15.4. The Morgan fingerprint density at radius 3 is 2.21 bits per heavy atom. The molecule has 7 nitrogen and oxygen atoms in total. The van der Waals surface area contributed by atoms with E-state index in [1.165, 1.54) is 11.8 Å². The summed E-state index contributed by atoms with van der Waals surface area (Å²) in [4.78, 5) is 53.7. The van der Waals surface area contributed by atoms with Crippen molar-refractivity contribution in [1.82, 2.24) is 4.90 Å². The van der Waals surface area contributed by atoms with Crippen LogP contribution in [0.2, 0.25) is 0 Å². The fourth-order valence-corrected chi connectivity index (χ4v) is 3.99. The number of nitrogens with zero attached hydrogens (tertiary/aromatic N) is 2. The van der Waals surface area contributed by atoms with Gasteiger partial charge < -0.3 is 10.2 Å². The highest BCUT2D eigenvalue weighted by atomic mass is 16.2. The van der Waals surface area contributed by atoms with Gasteiger partial charge in [-0.15, -0.1) is 0 Å². The summed E-state index contributed by atoms with van der Waals surface area (Å²) in [7, 11) is 0. The van der Waals surface area contributed by atoms with Crippen LogP contribution in [-0.4, -0.2) is 34.6 Å². The Bertz CT molecular complexity index is 1220. The van der Waals surface area contributed by atoms with Crippen molar-refractivity contribution >= 4 is 35.0 Å². The molecule has 1 unspecified atom stereocenters. The molecule has 1 saturated heterocycles. The molecule has 1 aliphatic rings. The molecule has 7 heteroatoms. The van der Waals surface area contributed by atoms with Crippen LogP contribution in [0, 0.1) is 6.92 Å². The molecule has 4 rings (SSSR count). The number of imide groups is 1. The van der Waals surface area contributed by atoms with E-state index in [0.29, 0.717) is 16.9 Å². The van der Waals surface area contributed by atoms with Gasteiger partial charge in [0.05, 0.1) is 12.1 Å². The SMILES string of the molecule is CC(=O)Nc1ccc(N2C(=O)CC(N(Cc3ccccc3)C(=O)c3ccc(C)cc3)C2=O)cc1. The topological polar surface area (TPSA) is 86.8 Å². The maximum atomic E-state index is 13.5. The Labute approximate surface area is 198 Å². The first-order valence-corrected chi connectivity index (χ1v) is 11.0. The number of benzene rings is 3. The van der Waals surface area contributed by atoms with Crippen LogP contribution in [0.15, 0.2) is 78.9 Å². The summed E-state index contributed by atoms with van der Waals surface area (Å²) in [6, 6.07) is 22.1. The van der Waals surface area contributed by atoms with Gasteiger partial charge in [-0.3, -0.25) is 19.2 Å². The first-order chi connectivity index (χ1) is 16.3. The predicted octanol–water partition coefficient (Wildman–Crippen LogP) is 3.93. The molecule has 1 heterocycles. The minimum Gasteiger partial charge on any atom is -0.326 e. The number of aryl methyl sites for hydroxylation is 1. The zero-order valence-electron chi connectivity index (χ0n) is 19.0. The molecule has 0 bridgehead atoms. The number of amides is 4. The van der Waals surface area contributed by atoms with Gasteiger partial charge in [-0.25, -0.2) is 4.90 Å². The average molecular weight is 456 g/mol. The van der Waals surface area contributed by atoms with Crippen molar-refractivity contribution in [2.45, 2.75) is 32.9 Å². The highest BCUT2D eigenvalue weighted by Gasteiger charge is 2.44. The van der Waals surface area contributed by atoms with Gasteiger partial charge >= 0.3 is 0 Å². The van der Waals surface area contributed by atoms with E-state index in [9.17, 15) is 19.2 Å². The Hall–Kier alpha value is -4.26. The molecular formula is C27H25N3O4. The van der Waals surface area contributed by atoms with Crippen LogP contribution >= 0.6 is 0 Å². The maximum absolute atomic E-state index is 13.5. The molecule has 3 aromatic rings. The molecule has 0 aromatic heterocycles. The van der Waals surface area contributed by atoms with E-state index in [4.69, 9.17) is 0 Å². The second kappa shape index (κ2) is 9.70. The Morgan fingerprint density at radius 2 is 1.59 bits per heavy atom. The van der Waals surface area contributed by atoms with Gasteiger partial charge in [0.25, 0.3) is 11.8 Å². The van der Waals surface area contributed by atoms with E-state index in [1.54, 1.807) is 36.4 Å². The standard InChI is InChI=1S/C27H25N3O4/c1-18-8-10-21(11-9-18)26(33)29(17-20-6-4-3-5-7-20)24-16-25(32)30(27(24)34)23-14-12-22(13-15-23)28-19(2)31/h3-15,24H,16-17H2,1-2H3,(H,28,31). The molecule has 0 saturated carbocycles. The third kappa shape index (κ3) is 4.88. The van der Waals surface area contributed by atoms with Crippen LogP contribution in [0.1, 0.15) is 34.8 Å². The van der Waals surface area contributed by atoms with Crippen LogP contribution in [0.5, 0.6) is 0 Å². The predicted molar refractivity (Wildman–Crippen MR) is 129 cm³/mol. The smallest absolute Gasteiger partial charge is 0.257 e. The molecule has 34 heavy (non-hydrogen) atoms. The van der Waals surface area contributed by atoms with Gasteiger partial charge in [0.1, 0.15) is 6.04 Å². The molecule has 0 radical (unpaired) electrons. The third-order valence-corrected chi connectivity index (χ3v) is 5.70. The molecule has 1 N–H and O–H groups in total. The van der Waals surface area contributed by atoms with Crippen molar-refractivity contribution in [2.75, 3.05) is 10.2 Å². The van der Waals surface area contributed by atoms with Crippen LogP contribution in [0.25, 0.3) is 0 Å². The van der Waals surface area contributed by atoms with Crippen LogP contribution in [0.4, 0.5) is 11.4 Å². The lowest BCUT2D eigenvalue weighted by Gasteiger charge is -2.28. The minimum absolute atomic E-state index is 0.100. The number of hydrogen-bond acceptors (Lipinski definition) is 4. The van der Waals surface area contributed by atoms with Gasteiger partial charge in [0, 0.05) is 24.7 Å². The average Bonchev–Trinajstić information content (AvgIpc) is 3.12. The largest absolute Gasteiger partial charge is 0.326 e. The Morgan fingerprint density at radius 1 is 0.941 bits per heavy atom. The summed E-state index contributed by atoms with van der Waals surface area (Å²) >= 11 is 0. The second-order valence-corrected chi connectivity index (χ2v) is 8.30. The van der Waals surface area contributed by atoms with E-state index in [1.807, 2.05) is 49.4 Å². The molecule has 1 atom stereocenters. The van der Waals surface area contributed by atoms with Crippen molar-refractivity contribution in [1.29, 1.82) is 0 Å². The van der Waals surface area contributed by atoms with E-state index in [-0.39, 0.29) is 30.7 Å². The van der Waals surface area contributed by atoms with Crippen molar-refractivity contribution in [3.63, 3.8) is 0 Å². The van der Waals surface area contributed by atoms with E-state index >= 15 is 0 Å². The van der Waals surface area contributed by atoms with Gasteiger partial charge in [-0.2, -0.15) is 0 Å². The van der Waals surface area contributed by atoms with Crippen LogP contribution in [-0.2, 0) is 20.9 Å². The first kappa shape index (κ1) is 22.9. The van der Waals surface area contributed by atoms with Crippen molar-refractivity contribution < 1.29 is 19.2 Å². The lowest BCUT2D eigenvalue weighted by molar-refractivity contribution is -0.122. The third-order valence-electron chi connectivity index (χ3n) is 5.70. The van der Waals surface area contributed by atoms with E-state index in [0.717, 1.165) is 16.0 Å². The molecular weight excluding hydrogens is 430 g/mol. The van der Waals surface area contributed by atoms with Crippen LogP contribution in [0.3, 0.4) is 0 Å². The summed E-state index contributed by atoms with van der Waals surface area (Å²) < 4.78 is 0. The van der Waals surface area contributed by atoms with Crippen molar-refractivity contribution in [3.8, 4) is 0 Å². The van der Waals surface area contributed by atoms with Gasteiger partial charge in [0.2, 0.25) is 11.8 Å². The Balaban J connectivity index is 1.64. The lowest BCUT2D eigenvalue weighted by atomic mass is 10.1. The van der Waals surface area contributed by atoms with Crippen LogP contribution < -0.4 is 10.2 Å². The van der Waals surface area contributed by atoms with Gasteiger partial charge in [-0.05, 0) is 48.9 Å². The zero-order valence-corrected chi connectivity index (χ0v) is 19.0. The van der Waals surface area contributed by atoms with Crippen molar-refractivity contribution in [2.24, 2.45) is 0 Å². The Kier molecular flexibility index (Phi) is 6.54. The number of anilines is 2. The summed E-state index contributed by atoms with van der Waals surface area (Å²) in [6.07, 6.45) is -0.100. The number of carbonyl (C=O) groups is 4. The molecule has 0 aliphatic carbocycles. The number of rotatable bonds is 6. The molecule has 4 amide bonds. The van der Waals surface area contributed by atoms with E-state index in [2.05, 4.69) is 5.32 Å². The fourth-order valence-electron chi connectivity index (χ4n) is 3.99. The van der Waals surface area contributed by atoms with Gasteiger partial charge in [0.15, 0.2) is 0 Å². The second-order valence-electron chi connectivity index (χ2n) is 8.30. The fraction of sp³-hybridized carbons (Fsp3) is 0.185. The minimum atomic E-state index is -0.920. The summed E-state index contributed by atoms with van der Waals surface area (Å²) in [5, 5.41) is 2.66.